The number of carbonyl (C=O) groups excluding carboxylic acids is 2. The lowest BCUT2D eigenvalue weighted by atomic mass is 9.99. The maximum atomic E-state index is 13.2. The van der Waals surface area contributed by atoms with Crippen molar-refractivity contribution in [1.82, 2.24) is 15.6 Å². The molecule has 6 nitrogen and oxygen atoms in total. The standard InChI is InChI=1S/C28H31N3O3/c1-17-13-20-14-21(16-29-27(33)34-28(3,4)5)31-25(20)15-24(17)26(32)30-18(2)22-12-8-10-19-9-6-7-11-23(19)22/h6-15,18,31H,16H2,1-5H3,(H,29,33)(H,30,32). The monoisotopic (exact) mass is 457 g/mol. The summed E-state index contributed by atoms with van der Waals surface area (Å²) in [7, 11) is 0. The van der Waals surface area contributed by atoms with E-state index in [1.54, 1.807) is 0 Å². The predicted octanol–water partition coefficient (Wildman–Crippen LogP) is 6.15. The van der Waals surface area contributed by atoms with Gasteiger partial charge in [-0.25, -0.2) is 4.79 Å². The lowest BCUT2D eigenvalue weighted by molar-refractivity contribution is 0.0522. The second kappa shape index (κ2) is 9.21. The molecule has 0 radical (unpaired) electrons. The molecule has 3 N–H and O–H groups in total. The first-order valence-corrected chi connectivity index (χ1v) is 11.5. The van der Waals surface area contributed by atoms with Crippen LogP contribution in [0.15, 0.2) is 60.7 Å². The highest BCUT2D eigenvalue weighted by Crippen LogP contribution is 2.26. The van der Waals surface area contributed by atoms with E-state index < -0.39 is 11.7 Å². The van der Waals surface area contributed by atoms with Crippen molar-refractivity contribution in [3.63, 3.8) is 0 Å². The van der Waals surface area contributed by atoms with Crippen LogP contribution in [0.5, 0.6) is 0 Å². The maximum Gasteiger partial charge on any atom is 0.407 e. The first kappa shape index (κ1) is 23.4. The molecule has 0 aliphatic heterocycles. The number of nitrogens with one attached hydrogen (secondary N) is 3. The molecule has 0 saturated carbocycles. The molecule has 0 aliphatic carbocycles. The average Bonchev–Trinajstić information content (AvgIpc) is 3.17. The van der Waals surface area contributed by atoms with E-state index in [1.807, 2.05) is 71.0 Å². The average molecular weight is 458 g/mol. The van der Waals surface area contributed by atoms with Crippen molar-refractivity contribution in [2.24, 2.45) is 0 Å². The summed E-state index contributed by atoms with van der Waals surface area (Å²) in [6, 6.07) is 20.0. The summed E-state index contributed by atoms with van der Waals surface area (Å²) in [5.74, 6) is -0.122. The highest BCUT2D eigenvalue weighted by molar-refractivity contribution is 6.00. The summed E-state index contributed by atoms with van der Waals surface area (Å²) in [5, 5.41) is 9.18. The Bertz CT molecular complexity index is 1360. The van der Waals surface area contributed by atoms with Crippen LogP contribution in [0.4, 0.5) is 4.79 Å². The topological polar surface area (TPSA) is 83.2 Å². The highest BCUT2D eigenvalue weighted by atomic mass is 16.6. The molecule has 6 heteroatoms. The van der Waals surface area contributed by atoms with E-state index in [4.69, 9.17) is 4.74 Å². The first-order valence-electron chi connectivity index (χ1n) is 11.5. The zero-order valence-corrected chi connectivity index (χ0v) is 20.3. The summed E-state index contributed by atoms with van der Waals surface area (Å²) in [5.41, 5.74) is 3.72. The van der Waals surface area contributed by atoms with Gasteiger partial charge in [0.1, 0.15) is 5.60 Å². The van der Waals surface area contributed by atoms with Crippen molar-refractivity contribution >= 4 is 33.7 Å². The number of aromatic nitrogens is 1. The van der Waals surface area contributed by atoms with Crippen LogP contribution in [0.2, 0.25) is 0 Å². The minimum Gasteiger partial charge on any atom is -0.444 e. The number of benzene rings is 3. The van der Waals surface area contributed by atoms with Gasteiger partial charge in [0.25, 0.3) is 5.91 Å². The van der Waals surface area contributed by atoms with E-state index in [0.29, 0.717) is 12.1 Å². The minimum absolute atomic E-state index is 0.122. The van der Waals surface area contributed by atoms with Gasteiger partial charge in [0, 0.05) is 22.2 Å². The van der Waals surface area contributed by atoms with Crippen molar-refractivity contribution in [3.05, 3.63) is 83.0 Å². The van der Waals surface area contributed by atoms with Crippen LogP contribution in [0.1, 0.15) is 60.9 Å². The molecule has 0 spiro atoms. The third kappa shape index (κ3) is 5.22. The third-order valence-corrected chi connectivity index (χ3v) is 5.73. The molecule has 1 unspecified atom stereocenters. The normalized spacial score (nSPS) is 12.5. The van der Waals surface area contributed by atoms with Crippen LogP contribution in [-0.4, -0.2) is 22.6 Å². The molecule has 1 atom stereocenters. The zero-order valence-electron chi connectivity index (χ0n) is 20.3. The zero-order chi connectivity index (χ0) is 24.5. The Balaban J connectivity index is 1.50. The van der Waals surface area contributed by atoms with Gasteiger partial charge in [-0.15, -0.1) is 0 Å². The van der Waals surface area contributed by atoms with Crippen molar-refractivity contribution in [2.75, 3.05) is 0 Å². The van der Waals surface area contributed by atoms with E-state index in [1.165, 1.54) is 0 Å². The number of amides is 2. The van der Waals surface area contributed by atoms with Crippen LogP contribution in [0, 0.1) is 6.92 Å². The second-order valence-corrected chi connectivity index (χ2v) is 9.67. The SMILES string of the molecule is Cc1cc2cc(CNC(=O)OC(C)(C)C)[nH]c2cc1C(=O)NC(C)c1cccc2ccccc12. The summed E-state index contributed by atoms with van der Waals surface area (Å²) < 4.78 is 5.29. The number of aromatic amines is 1. The van der Waals surface area contributed by atoms with Crippen LogP contribution >= 0.6 is 0 Å². The molecule has 4 aromatic rings. The smallest absolute Gasteiger partial charge is 0.407 e. The predicted molar refractivity (Wildman–Crippen MR) is 136 cm³/mol. The Labute approximate surface area is 199 Å². The van der Waals surface area contributed by atoms with Gasteiger partial charge < -0.3 is 20.4 Å². The Morgan fingerprint density at radius 3 is 2.50 bits per heavy atom. The van der Waals surface area contributed by atoms with Gasteiger partial charge in [-0.3, -0.25) is 4.79 Å². The number of rotatable bonds is 5. The van der Waals surface area contributed by atoms with E-state index in [2.05, 4.69) is 39.9 Å². The number of ether oxygens (including phenoxy) is 1. The highest BCUT2D eigenvalue weighted by Gasteiger charge is 2.18. The van der Waals surface area contributed by atoms with Crippen molar-refractivity contribution in [3.8, 4) is 0 Å². The Morgan fingerprint density at radius 2 is 1.74 bits per heavy atom. The van der Waals surface area contributed by atoms with Gasteiger partial charge in [0.15, 0.2) is 0 Å². The Hall–Kier alpha value is -3.80. The summed E-state index contributed by atoms with van der Waals surface area (Å²) >= 11 is 0. The molecule has 0 aliphatic rings. The van der Waals surface area contributed by atoms with E-state index in [9.17, 15) is 9.59 Å². The fraction of sp³-hybridized carbons (Fsp3) is 0.286. The van der Waals surface area contributed by atoms with Gasteiger partial charge in [0.05, 0.1) is 12.6 Å². The Kier molecular flexibility index (Phi) is 6.33. The molecule has 1 heterocycles. The fourth-order valence-corrected chi connectivity index (χ4v) is 4.16. The molecule has 1 aromatic heterocycles. The molecule has 34 heavy (non-hydrogen) atoms. The van der Waals surface area contributed by atoms with E-state index in [0.717, 1.165) is 38.5 Å². The van der Waals surface area contributed by atoms with E-state index in [-0.39, 0.29) is 11.9 Å². The molecule has 0 saturated heterocycles. The fourth-order valence-electron chi connectivity index (χ4n) is 4.16. The number of carbonyl (C=O) groups is 2. The third-order valence-electron chi connectivity index (χ3n) is 5.73. The molecular weight excluding hydrogens is 426 g/mol. The minimum atomic E-state index is -0.549. The first-order chi connectivity index (χ1) is 16.1. The lowest BCUT2D eigenvalue weighted by Gasteiger charge is -2.19. The molecule has 176 valence electrons. The van der Waals surface area contributed by atoms with Crippen molar-refractivity contribution in [1.29, 1.82) is 0 Å². The number of fused-ring (bicyclic) bond motifs is 2. The molecule has 2 amide bonds. The van der Waals surface area contributed by atoms with Gasteiger partial charge in [-0.1, -0.05) is 42.5 Å². The Morgan fingerprint density at radius 1 is 1.00 bits per heavy atom. The van der Waals surface area contributed by atoms with E-state index >= 15 is 0 Å². The molecule has 0 fully saturated rings. The number of H-pyrrole nitrogens is 1. The molecule has 4 rings (SSSR count). The largest absolute Gasteiger partial charge is 0.444 e. The number of alkyl carbamates (subject to hydrolysis) is 1. The van der Waals surface area contributed by atoms with Crippen LogP contribution in [0.25, 0.3) is 21.7 Å². The summed E-state index contributed by atoms with van der Waals surface area (Å²) in [6.07, 6.45) is -0.468. The quantitative estimate of drug-likeness (QED) is 0.336. The summed E-state index contributed by atoms with van der Waals surface area (Å²) in [4.78, 5) is 28.4. The van der Waals surface area contributed by atoms with Crippen LogP contribution in [0.3, 0.4) is 0 Å². The van der Waals surface area contributed by atoms with Crippen molar-refractivity contribution in [2.45, 2.75) is 52.8 Å². The van der Waals surface area contributed by atoms with Gasteiger partial charge in [0.2, 0.25) is 0 Å². The second-order valence-electron chi connectivity index (χ2n) is 9.67. The lowest BCUT2D eigenvalue weighted by Crippen LogP contribution is -2.32. The van der Waals surface area contributed by atoms with Crippen molar-refractivity contribution < 1.29 is 14.3 Å². The molecule has 0 bridgehead atoms. The number of hydrogen-bond acceptors (Lipinski definition) is 3. The maximum absolute atomic E-state index is 13.2. The summed E-state index contributed by atoms with van der Waals surface area (Å²) in [6.45, 7) is 9.72. The van der Waals surface area contributed by atoms with Crippen LogP contribution < -0.4 is 10.6 Å². The molecule has 3 aromatic carbocycles. The van der Waals surface area contributed by atoms with Gasteiger partial charge in [-0.05, 0) is 74.7 Å². The van der Waals surface area contributed by atoms with Gasteiger partial charge >= 0.3 is 6.09 Å². The molecular formula is C28H31N3O3. The van der Waals surface area contributed by atoms with Crippen LogP contribution in [-0.2, 0) is 11.3 Å². The number of aryl methyl sites for hydroxylation is 1. The van der Waals surface area contributed by atoms with Gasteiger partial charge in [-0.2, -0.15) is 0 Å². The number of hydrogen-bond donors (Lipinski definition) is 3.